The van der Waals surface area contributed by atoms with Crippen LogP contribution >= 0.6 is 0 Å². The fourth-order valence-electron chi connectivity index (χ4n) is 2.23. The van der Waals surface area contributed by atoms with Crippen molar-refractivity contribution in [2.45, 2.75) is 18.8 Å². The Morgan fingerprint density at radius 3 is 2.43 bits per heavy atom. The maximum Gasteiger partial charge on any atom is 0.230 e. The highest BCUT2D eigenvalue weighted by Gasteiger charge is 2.57. The number of nitrogens with one attached hydrogen (secondary N) is 1. The molecule has 0 saturated heterocycles. The predicted octanol–water partition coefficient (Wildman–Crippen LogP) is 1.71. The number of carbonyl (C=O) groups is 1. The highest BCUT2D eigenvalue weighted by molar-refractivity contribution is 5.91. The molecule has 1 N–H and O–H groups in total. The Morgan fingerprint density at radius 2 is 2.00 bits per heavy atom. The van der Waals surface area contributed by atoms with E-state index in [-0.39, 0.29) is 11.3 Å². The van der Waals surface area contributed by atoms with E-state index in [1.807, 2.05) is 30.3 Å². The summed E-state index contributed by atoms with van der Waals surface area (Å²) in [5, 5.41) is 2.76. The molecule has 0 heterocycles. The first kappa shape index (κ1) is 9.25. The number of rotatable bonds is 2. The van der Waals surface area contributed by atoms with Crippen LogP contribution in [-0.4, -0.2) is 13.0 Å². The molecule has 1 aromatic carbocycles. The Kier molecular flexibility index (Phi) is 2.06. The molecule has 2 rings (SSSR count). The summed E-state index contributed by atoms with van der Waals surface area (Å²) >= 11 is 0. The first-order valence-corrected chi connectivity index (χ1v) is 4.99. The van der Waals surface area contributed by atoms with Gasteiger partial charge in [-0.2, -0.15) is 0 Å². The molecule has 2 unspecified atom stereocenters. The van der Waals surface area contributed by atoms with Gasteiger partial charge in [0.15, 0.2) is 0 Å². The van der Waals surface area contributed by atoms with Gasteiger partial charge in [0, 0.05) is 7.05 Å². The summed E-state index contributed by atoms with van der Waals surface area (Å²) in [6.07, 6.45) is 0.969. The lowest BCUT2D eigenvalue weighted by molar-refractivity contribution is -0.123. The summed E-state index contributed by atoms with van der Waals surface area (Å²) in [6.45, 7) is 2.13. The van der Waals surface area contributed by atoms with Crippen LogP contribution in [0, 0.1) is 5.92 Å². The standard InChI is InChI=1S/C12H15NO/c1-9-8-12(9,11(14)13-2)10-6-4-3-5-7-10/h3-7,9H,8H2,1-2H3,(H,13,14). The van der Waals surface area contributed by atoms with E-state index in [2.05, 4.69) is 12.2 Å². The Balaban J connectivity index is 2.36. The van der Waals surface area contributed by atoms with Crippen LogP contribution in [-0.2, 0) is 10.2 Å². The van der Waals surface area contributed by atoms with E-state index in [9.17, 15) is 4.79 Å². The van der Waals surface area contributed by atoms with Crippen molar-refractivity contribution in [2.75, 3.05) is 7.05 Å². The van der Waals surface area contributed by atoms with Gasteiger partial charge in [-0.05, 0) is 17.9 Å². The summed E-state index contributed by atoms with van der Waals surface area (Å²) < 4.78 is 0. The zero-order chi connectivity index (χ0) is 10.2. The molecule has 0 radical (unpaired) electrons. The van der Waals surface area contributed by atoms with Crippen molar-refractivity contribution in [3.63, 3.8) is 0 Å². The van der Waals surface area contributed by atoms with E-state index in [0.29, 0.717) is 5.92 Å². The molecule has 1 aliphatic rings. The minimum Gasteiger partial charge on any atom is -0.358 e. The van der Waals surface area contributed by atoms with Crippen LogP contribution in [0.4, 0.5) is 0 Å². The molecule has 1 saturated carbocycles. The number of hydrogen-bond donors (Lipinski definition) is 1. The predicted molar refractivity (Wildman–Crippen MR) is 56.0 cm³/mol. The van der Waals surface area contributed by atoms with Gasteiger partial charge in [0.1, 0.15) is 0 Å². The third-order valence-corrected chi connectivity index (χ3v) is 3.23. The summed E-state index contributed by atoms with van der Waals surface area (Å²) in [6, 6.07) is 10.0. The van der Waals surface area contributed by atoms with Gasteiger partial charge in [0.25, 0.3) is 0 Å². The van der Waals surface area contributed by atoms with Crippen LogP contribution in [0.5, 0.6) is 0 Å². The van der Waals surface area contributed by atoms with Crippen LogP contribution in [0.15, 0.2) is 30.3 Å². The molecule has 0 spiro atoms. The van der Waals surface area contributed by atoms with Gasteiger partial charge in [-0.1, -0.05) is 37.3 Å². The number of hydrogen-bond acceptors (Lipinski definition) is 1. The first-order chi connectivity index (χ1) is 6.71. The molecule has 2 atom stereocenters. The van der Waals surface area contributed by atoms with Gasteiger partial charge in [-0.15, -0.1) is 0 Å². The second-order valence-corrected chi connectivity index (χ2v) is 4.02. The van der Waals surface area contributed by atoms with E-state index in [1.54, 1.807) is 7.05 Å². The third-order valence-electron chi connectivity index (χ3n) is 3.23. The summed E-state index contributed by atoms with van der Waals surface area (Å²) in [5.41, 5.74) is 0.905. The van der Waals surface area contributed by atoms with Crippen LogP contribution in [0.1, 0.15) is 18.9 Å². The molecule has 2 heteroatoms. The molecular formula is C12H15NO. The fourth-order valence-corrected chi connectivity index (χ4v) is 2.23. The molecule has 0 aromatic heterocycles. The Morgan fingerprint density at radius 1 is 1.43 bits per heavy atom. The largest absolute Gasteiger partial charge is 0.358 e. The number of amides is 1. The van der Waals surface area contributed by atoms with Crippen LogP contribution in [0.2, 0.25) is 0 Å². The normalized spacial score (nSPS) is 29.7. The second-order valence-electron chi connectivity index (χ2n) is 4.02. The molecule has 1 fully saturated rings. The summed E-state index contributed by atoms with van der Waals surface area (Å²) in [5.74, 6) is 0.612. The average molecular weight is 189 g/mol. The van der Waals surface area contributed by atoms with E-state index in [4.69, 9.17) is 0 Å². The highest BCUT2D eigenvalue weighted by atomic mass is 16.2. The number of carbonyl (C=O) groups excluding carboxylic acids is 1. The van der Waals surface area contributed by atoms with Crippen molar-refractivity contribution in [1.29, 1.82) is 0 Å². The van der Waals surface area contributed by atoms with E-state index >= 15 is 0 Å². The van der Waals surface area contributed by atoms with E-state index in [0.717, 1.165) is 12.0 Å². The number of likely N-dealkylation sites (N-methyl/N-ethyl adjacent to an activating group) is 1. The molecule has 2 nitrogen and oxygen atoms in total. The molecule has 0 aliphatic heterocycles. The van der Waals surface area contributed by atoms with Crippen molar-refractivity contribution < 1.29 is 4.79 Å². The quantitative estimate of drug-likeness (QED) is 0.754. The van der Waals surface area contributed by atoms with Crippen molar-refractivity contribution in [3.05, 3.63) is 35.9 Å². The minimum atomic E-state index is -0.240. The monoisotopic (exact) mass is 189 g/mol. The van der Waals surface area contributed by atoms with Crippen LogP contribution in [0.25, 0.3) is 0 Å². The molecule has 1 amide bonds. The van der Waals surface area contributed by atoms with Crippen molar-refractivity contribution in [3.8, 4) is 0 Å². The summed E-state index contributed by atoms with van der Waals surface area (Å²) in [7, 11) is 1.71. The topological polar surface area (TPSA) is 29.1 Å². The van der Waals surface area contributed by atoms with Gasteiger partial charge in [0.2, 0.25) is 5.91 Å². The molecule has 0 bridgehead atoms. The second kappa shape index (κ2) is 3.12. The van der Waals surface area contributed by atoms with Gasteiger partial charge in [-0.25, -0.2) is 0 Å². The lowest BCUT2D eigenvalue weighted by atomic mass is 9.93. The first-order valence-electron chi connectivity index (χ1n) is 4.99. The fraction of sp³-hybridized carbons (Fsp3) is 0.417. The van der Waals surface area contributed by atoms with Crippen molar-refractivity contribution in [1.82, 2.24) is 5.32 Å². The Bertz CT molecular complexity index is 347. The summed E-state index contributed by atoms with van der Waals surface area (Å²) in [4.78, 5) is 11.8. The average Bonchev–Trinajstić information content (AvgIpc) is 2.92. The maximum atomic E-state index is 11.8. The van der Waals surface area contributed by atoms with Gasteiger partial charge < -0.3 is 5.32 Å². The lowest BCUT2D eigenvalue weighted by Crippen LogP contribution is -2.33. The zero-order valence-corrected chi connectivity index (χ0v) is 8.58. The highest BCUT2D eigenvalue weighted by Crippen LogP contribution is 2.54. The molecule has 74 valence electrons. The minimum absolute atomic E-state index is 0.149. The smallest absolute Gasteiger partial charge is 0.230 e. The Hall–Kier alpha value is -1.31. The lowest BCUT2D eigenvalue weighted by Gasteiger charge is -2.14. The molecule has 14 heavy (non-hydrogen) atoms. The molecule has 1 aromatic rings. The van der Waals surface area contributed by atoms with Crippen molar-refractivity contribution in [2.24, 2.45) is 5.92 Å². The maximum absolute atomic E-state index is 11.8. The van der Waals surface area contributed by atoms with E-state index < -0.39 is 0 Å². The van der Waals surface area contributed by atoms with Gasteiger partial charge in [0.05, 0.1) is 5.41 Å². The van der Waals surface area contributed by atoms with Gasteiger partial charge >= 0.3 is 0 Å². The van der Waals surface area contributed by atoms with E-state index in [1.165, 1.54) is 0 Å². The SMILES string of the molecule is CNC(=O)C1(c2ccccc2)CC1C. The van der Waals surface area contributed by atoms with Crippen LogP contribution < -0.4 is 5.32 Å². The Labute approximate surface area is 84.3 Å². The molecular weight excluding hydrogens is 174 g/mol. The van der Waals surface area contributed by atoms with Crippen LogP contribution in [0.3, 0.4) is 0 Å². The van der Waals surface area contributed by atoms with Gasteiger partial charge in [-0.3, -0.25) is 4.79 Å². The third kappa shape index (κ3) is 1.14. The number of benzene rings is 1. The van der Waals surface area contributed by atoms with Crippen molar-refractivity contribution >= 4 is 5.91 Å². The zero-order valence-electron chi connectivity index (χ0n) is 8.58. The molecule has 1 aliphatic carbocycles.